The van der Waals surface area contributed by atoms with Gasteiger partial charge in [-0.25, -0.2) is 17.6 Å². The molecule has 1 fully saturated rings. The van der Waals surface area contributed by atoms with Crippen LogP contribution in [-0.4, -0.2) is 36.0 Å². The van der Waals surface area contributed by atoms with Crippen molar-refractivity contribution in [1.82, 2.24) is 9.80 Å². The monoisotopic (exact) mass is 416 g/mol. The van der Waals surface area contributed by atoms with Crippen LogP contribution in [-0.2, 0) is 6.54 Å². The molecule has 2 nitrogen and oxygen atoms in total. The zero-order chi connectivity index (χ0) is 18.0. The van der Waals surface area contributed by atoms with Gasteiger partial charge in [-0.3, -0.25) is 9.80 Å². The lowest BCUT2D eigenvalue weighted by Crippen LogP contribution is -2.46. The largest absolute Gasteiger partial charge is 0.297 e. The van der Waals surface area contributed by atoms with E-state index in [1.54, 1.807) is 0 Å². The molecule has 1 aliphatic heterocycles. The van der Waals surface area contributed by atoms with Crippen molar-refractivity contribution in [3.63, 3.8) is 0 Å². The number of benzene rings is 2. The maximum Gasteiger partial charge on any atom is 0.126 e. The molecule has 0 N–H and O–H groups in total. The standard InChI is InChI=1S/C18H17BrF4N2/c19-18(13-7-16(22)10-17(23)8-13)25-3-1-24(2-4-25)11-12-5-14(20)9-15(21)6-12/h5-10,18H,1-4,11H2. The highest BCUT2D eigenvalue weighted by Crippen LogP contribution is 2.29. The van der Waals surface area contributed by atoms with E-state index >= 15 is 0 Å². The summed E-state index contributed by atoms with van der Waals surface area (Å²) in [6, 6.07) is 6.99. The molecular formula is C18H17BrF4N2. The van der Waals surface area contributed by atoms with Crippen molar-refractivity contribution in [2.24, 2.45) is 0 Å². The maximum atomic E-state index is 13.4. The number of nitrogens with zero attached hydrogens (tertiary/aromatic N) is 2. The summed E-state index contributed by atoms with van der Waals surface area (Å²) in [6.45, 7) is 3.19. The second kappa shape index (κ2) is 7.85. The summed E-state index contributed by atoms with van der Waals surface area (Å²) >= 11 is 3.50. The first-order valence-corrected chi connectivity index (χ1v) is 8.84. The Morgan fingerprint density at radius 3 is 1.76 bits per heavy atom. The minimum atomic E-state index is -0.605. The summed E-state index contributed by atoms with van der Waals surface area (Å²) < 4.78 is 53.3. The molecule has 1 unspecified atom stereocenters. The van der Waals surface area contributed by atoms with Crippen LogP contribution < -0.4 is 0 Å². The molecular weight excluding hydrogens is 400 g/mol. The van der Waals surface area contributed by atoms with Crippen molar-refractivity contribution in [2.75, 3.05) is 26.2 Å². The summed E-state index contributed by atoms with van der Waals surface area (Å²) in [5, 5.41) is 0. The summed E-state index contributed by atoms with van der Waals surface area (Å²) in [6.07, 6.45) is 0. The Morgan fingerprint density at radius 2 is 1.24 bits per heavy atom. The SMILES string of the molecule is Fc1cc(F)cc(CN2CCN(C(Br)c3cc(F)cc(F)c3)CC2)c1. The van der Waals surface area contributed by atoms with Gasteiger partial charge in [0.2, 0.25) is 0 Å². The molecule has 0 spiro atoms. The van der Waals surface area contributed by atoms with Gasteiger partial charge in [-0.15, -0.1) is 0 Å². The van der Waals surface area contributed by atoms with E-state index in [4.69, 9.17) is 0 Å². The minimum absolute atomic E-state index is 0.286. The highest BCUT2D eigenvalue weighted by atomic mass is 79.9. The fraction of sp³-hybridized carbons (Fsp3) is 0.333. The Morgan fingerprint density at radius 1 is 0.760 bits per heavy atom. The van der Waals surface area contributed by atoms with Crippen LogP contribution in [0.15, 0.2) is 36.4 Å². The second-order valence-electron chi connectivity index (χ2n) is 6.13. The van der Waals surface area contributed by atoms with Gasteiger partial charge in [0.15, 0.2) is 0 Å². The minimum Gasteiger partial charge on any atom is -0.297 e. The van der Waals surface area contributed by atoms with Gasteiger partial charge in [0, 0.05) is 44.9 Å². The van der Waals surface area contributed by atoms with E-state index in [1.807, 2.05) is 0 Å². The smallest absolute Gasteiger partial charge is 0.126 e. The van der Waals surface area contributed by atoms with Crippen molar-refractivity contribution in [3.05, 3.63) is 70.8 Å². The number of rotatable bonds is 4. The lowest BCUT2D eigenvalue weighted by atomic mass is 10.1. The lowest BCUT2D eigenvalue weighted by molar-refractivity contribution is 0.120. The summed E-state index contributed by atoms with van der Waals surface area (Å²) in [5.74, 6) is -2.37. The third-order valence-corrected chi connectivity index (χ3v) is 5.32. The van der Waals surface area contributed by atoms with E-state index in [0.29, 0.717) is 43.9 Å². The Balaban J connectivity index is 1.59. The number of hydrogen-bond acceptors (Lipinski definition) is 2. The van der Waals surface area contributed by atoms with E-state index in [2.05, 4.69) is 25.7 Å². The molecule has 0 aliphatic carbocycles. The van der Waals surface area contributed by atoms with Crippen molar-refractivity contribution >= 4 is 15.9 Å². The molecule has 1 saturated heterocycles. The van der Waals surface area contributed by atoms with Gasteiger partial charge >= 0.3 is 0 Å². The third-order valence-electron chi connectivity index (χ3n) is 4.22. The molecule has 134 valence electrons. The van der Waals surface area contributed by atoms with Crippen molar-refractivity contribution < 1.29 is 17.6 Å². The first kappa shape index (κ1) is 18.4. The zero-order valence-corrected chi connectivity index (χ0v) is 14.9. The molecule has 25 heavy (non-hydrogen) atoms. The van der Waals surface area contributed by atoms with Crippen LogP contribution in [0.5, 0.6) is 0 Å². The molecule has 2 aromatic carbocycles. The summed E-state index contributed by atoms with van der Waals surface area (Å²) in [7, 11) is 0. The first-order valence-electron chi connectivity index (χ1n) is 7.92. The van der Waals surface area contributed by atoms with Crippen LogP contribution in [0.25, 0.3) is 0 Å². The topological polar surface area (TPSA) is 6.48 Å². The van der Waals surface area contributed by atoms with Crippen molar-refractivity contribution in [1.29, 1.82) is 0 Å². The molecule has 1 aliphatic rings. The summed E-state index contributed by atoms with van der Waals surface area (Å²) in [5.41, 5.74) is 1.12. The van der Waals surface area contributed by atoms with Gasteiger partial charge < -0.3 is 0 Å². The predicted octanol–water partition coefficient (Wildman–Crippen LogP) is 4.45. The fourth-order valence-corrected chi connectivity index (χ4v) is 3.71. The third kappa shape index (κ3) is 4.80. The molecule has 0 amide bonds. The number of alkyl halides is 1. The van der Waals surface area contributed by atoms with Crippen LogP contribution in [0.4, 0.5) is 17.6 Å². The van der Waals surface area contributed by atoms with Gasteiger partial charge in [-0.2, -0.15) is 0 Å². The maximum absolute atomic E-state index is 13.4. The number of hydrogen-bond donors (Lipinski definition) is 0. The van der Waals surface area contributed by atoms with E-state index in [0.717, 1.165) is 12.1 Å². The predicted molar refractivity (Wildman–Crippen MR) is 91.2 cm³/mol. The van der Waals surface area contributed by atoms with E-state index in [-0.39, 0.29) is 4.95 Å². The average Bonchev–Trinajstić information content (AvgIpc) is 2.53. The molecule has 7 heteroatoms. The Bertz CT molecular complexity index is 707. The van der Waals surface area contributed by atoms with Crippen LogP contribution >= 0.6 is 15.9 Å². The Kier molecular flexibility index (Phi) is 5.76. The highest BCUT2D eigenvalue weighted by Gasteiger charge is 2.24. The Labute approximate surface area is 152 Å². The normalized spacial score (nSPS) is 17.6. The van der Waals surface area contributed by atoms with Gasteiger partial charge in [0.05, 0.1) is 4.95 Å². The second-order valence-corrected chi connectivity index (χ2v) is 7.00. The number of piperazine rings is 1. The molecule has 1 heterocycles. The zero-order valence-electron chi connectivity index (χ0n) is 13.4. The Hall–Kier alpha value is -1.44. The van der Waals surface area contributed by atoms with Gasteiger partial charge in [0.1, 0.15) is 23.3 Å². The van der Waals surface area contributed by atoms with Crippen LogP contribution in [0.1, 0.15) is 16.1 Å². The van der Waals surface area contributed by atoms with Crippen molar-refractivity contribution in [2.45, 2.75) is 11.5 Å². The first-order chi connectivity index (χ1) is 11.9. The summed E-state index contributed by atoms with van der Waals surface area (Å²) in [4.78, 5) is 3.87. The van der Waals surface area contributed by atoms with E-state index < -0.39 is 23.3 Å². The molecule has 2 aromatic rings. The van der Waals surface area contributed by atoms with Gasteiger partial charge in [-0.1, -0.05) is 15.9 Å². The highest BCUT2D eigenvalue weighted by molar-refractivity contribution is 9.09. The molecule has 0 saturated carbocycles. The number of halogens is 5. The fourth-order valence-electron chi connectivity index (χ4n) is 3.03. The van der Waals surface area contributed by atoms with Crippen LogP contribution in [0.3, 0.4) is 0 Å². The van der Waals surface area contributed by atoms with Gasteiger partial charge in [0.25, 0.3) is 0 Å². The van der Waals surface area contributed by atoms with Gasteiger partial charge in [-0.05, 0) is 35.4 Å². The molecule has 0 bridgehead atoms. The molecule has 1 atom stereocenters. The molecule has 0 aromatic heterocycles. The average molecular weight is 417 g/mol. The van der Waals surface area contributed by atoms with E-state index in [9.17, 15) is 17.6 Å². The van der Waals surface area contributed by atoms with Crippen LogP contribution in [0.2, 0.25) is 0 Å². The van der Waals surface area contributed by atoms with Crippen molar-refractivity contribution in [3.8, 4) is 0 Å². The molecule has 0 radical (unpaired) electrons. The van der Waals surface area contributed by atoms with Crippen LogP contribution in [0, 0.1) is 23.3 Å². The quantitative estimate of drug-likeness (QED) is 0.412. The van der Waals surface area contributed by atoms with E-state index in [1.165, 1.54) is 24.3 Å². The lowest BCUT2D eigenvalue weighted by Gasteiger charge is -2.37. The molecule has 3 rings (SSSR count).